The minimum absolute atomic E-state index is 0.0237. The SMILES string of the molecule is CCCCCCCCCCC(CCCCCCC(=O)OCCCC)n1ccnc1. The summed E-state index contributed by atoms with van der Waals surface area (Å²) in [7, 11) is 0. The second-order valence-electron chi connectivity index (χ2n) is 8.45. The van der Waals surface area contributed by atoms with Gasteiger partial charge in [-0.05, 0) is 25.7 Å². The van der Waals surface area contributed by atoms with Crippen molar-refractivity contribution >= 4 is 5.97 Å². The lowest BCUT2D eigenvalue weighted by Gasteiger charge is -2.18. The molecule has 0 aliphatic heterocycles. The van der Waals surface area contributed by atoms with Crippen LogP contribution in [0.1, 0.15) is 129 Å². The largest absolute Gasteiger partial charge is 0.466 e. The first-order chi connectivity index (χ1) is 14.3. The Balaban J connectivity index is 2.10. The minimum atomic E-state index is -0.0237. The van der Waals surface area contributed by atoms with E-state index in [1.54, 1.807) is 0 Å². The van der Waals surface area contributed by atoms with E-state index in [0.29, 0.717) is 19.1 Å². The van der Waals surface area contributed by atoms with Crippen LogP contribution < -0.4 is 0 Å². The van der Waals surface area contributed by atoms with Crippen LogP contribution in [0.5, 0.6) is 0 Å². The number of unbranched alkanes of at least 4 members (excludes halogenated alkanes) is 11. The molecule has 0 saturated carbocycles. The normalized spacial score (nSPS) is 12.2. The number of hydrogen-bond donors (Lipinski definition) is 0. The molecule has 1 rings (SSSR count). The van der Waals surface area contributed by atoms with Crippen LogP contribution in [-0.2, 0) is 9.53 Å². The Labute approximate surface area is 179 Å². The third-order valence-corrected chi connectivity index (χ3v) is 5.77. The van der Waals surface area contributed by atoms with Gasteiger partial charge < -0.3 is 9.30 Å². The van der Waals surface area contributed by atoms with Crippen LogP contribution >= 0.6 is 0 Å². The van der Waals surface area contributed by atoms with Crippen molar-refractivity contribution in [2.75, 3.05) is 6.61 Å². The quantitative estimate of drug-likeness (QED) is 0.165. The average molecular weight is 407 g/mol. The third kappa shape index (κ3) is 14.3. The van der Waals surface area contributed by atoms with Gasteiger partial charge in [-0.1, -0.05) is 90.9 Å². The van der Waals surface area contributed by atoms with Gasteiger partial charge >= 0.3 is 5.97 Å². The highest BCUT2D eigenvalue weighted by Crippen LogP contribution is 2.23. The maximum Gasteiger partial charge on any atom is 0.305 e. The van der Waals surface area contributed by atoms with Gasteiger partial charge in [0.2, 0.25) is 0 Å². The fraction of sp³-hybridized carbons (Fsp3) is 0.840. The molecular weight excluding hydrogens is 360 g/mol. The molecule has 0 bridgehead atoms. The third-order valence-electron chi connectivity index (χ3n) is 5.77. The van der Waals surface area contributed by atoms with Gasteiger partial charge in [-0.2, -0.15) is 0 Å². The summed E-state index contributed by atoms with van der Waals surface area (Å²) in [6.07, 6.45) is 26.6. The zero-order chi connectivity index (χ0) is 21.0. The van der Waals surface area contributed by atoms with Crippen molar-refractivity contribution in [3.05, 3.63) is 18.7 Å². The summed E-state index contributed by atoms with van der Waals surface area (Å²) in [4.78, 5) is 15.9. The summed E-state index contributed by atoms with van der Waals surface area (Å²) >= 11 is 0. The molecule has 1 atom stereocenters. The first-order valence-electron chi connectivity index (χ1n) is 12.4. The van der Waals surface area contributed by atoms with Gasteiger partial charge in [-0.3, -0.25) is 4.79 Å². The number of imidazole rings is 1. The number of hydrogen-bond acceptors (Lipinski definition) is 3. The van der Waals surface area contributed by atoms with Crippen LogP contribution in [0.3, 0.4) is 0 Å². The van der Waals surface area contributed by atoms with E-state index in [4.69, 9.17) is 4.74 Å². The van der Waals surface area contributed by atoms with Gasteiger partial charge in [0, 0.05) is 24.9 Å². The maximum absolute atomic E-state index is 11.6. The molecule has 1 aromatic rings. The van der Waals surface area contributed by atoms with Gasteiger partial charge in [-0.15, -0.1) is 0 Å². The van der Waals surface area contributed by atoms with Crippen LogP contribution in [0, 0.1) is 0 Å². The molecule has 0 aliphatic rings. The second-order valence-corrected chi connectivity index (χ2v) is 8.45. The molecule has 0 spiro atoms. The summed E-state index contributed by atoms with van der Waals surface area (Å²) in [5, 5.41) is 0. The van der Waals surface area contributed by atoms with Crippen molar-refractivity contribution in [2.24, 2.45) is 0 Å². The molecule has 1 unspecified atom stereocenters. The van der Waals surface area contributed by atoms with Gasteiger partial charge in [0.1, 0.15) is 0 Å². The van der Waals surface area contributed by atoms with Crippen LogP contribution in [0.4, 0.5) is 0 Å². The molecular formula is C25H46N2O2. The van der Waals surface area contributed by atoms with Crippen molar-refractivity contribution in [1.82, 2.24) is 9.55 Å². The van der Waals surface area contributed by atoms with Gasteiger partial charge in [0.15, 0.2) is 0 Å². The Bertz CT molecular complexity index is 473. The zero-order valence-corrected chi connectivity index (χ0v) is 19.2. The molecule has 0 amide bonds. The smallest absolute Gasteiger partial charge is 0.305 e. The lowest BCUT2D eigenvalue weighted by molar-refractivity contribution is -0.143. The fourth-order valence-electron chi connectivity index (χ4n) is 3.85. The van der Waals surface area contributed by atoms with Crippen molar-refractivity contribution in [2.45, 2.75) is 129 Å². The summed E-state index contributed by atoms with van der Waals surface area (Å²) in [6, 6.07) is 0.580. The van der Waals surface area contributed by atoms with Gasteiger partial charge in [0.25, 0.3) is 0 Å². The Morgan fingerprint density at radius 1 is 0.828 bits per heavy atom. The second kappa shape index (κ2) is 18.7. The molecule has 0 saturated heterocycles. The van der Waals surface area contributed by atoms with E-state index < -0.39 is 0 Å². The highest BCUT2D eigenvalue weighted by molar-refractivity contribution is 5.69. The number of aromatic nitrogens is 2. The molecule has 0 radical (unpaired) electrons. The lowest BCUT2D eigenvalue weighted by Crippen LogP contribution is -2.07. The standard InChI is InChI=1S/C25H46N2O2/c1-3-5-7-8-9-10-11-14-17-24(27-21-20-26-23-27)18-15-12-13-16-19-25(28)29-22-6-4-2/h20-21,23-24H,3-19,22H2,1-2H3. The highest BCUT2D eigenvalue weighted by Gasteiger charge is 2.10. The molecule has 4 nitrogen and oxygen atoms in total. The van der Waals surface area contributed by atoms with Gasteiger partial charge in [0.05, 0.1) is 12.9 Å². The first kappa shape index (κ1) is 25.7. The van der Waals surface area contributed by atoms with E-state index in [-0.39, 0.29) is 5.97 Å². The number of carbonyl (C=O) groups is 1. The number of rotatable bonds is 20. The summed E-state index contributed by atoms with van der Waals surface area (Å²) in [5.74, 6) is -0.0237. The number of ether oxygens (including phenoxy) is 1. The van der Waals surface area contributed by atoms with Crippen molar-refractivity contribution in [1.29, 1.82) is 0 Å². The van der Waals surface area contributed by atoms with E-state index in [1.165, 1.54) is 77.0 Å². The Morgan fingerprint density at radius 3 is 2.00 bits per heavy atom. The first-order valence-corrected chi connectivity index (χ1v) is 12.4. The number of nitrogens with zero attached hydrogens (tertiary/aromatic N) is 2. The van der Waals surface area contributed by atoms with Crippen LogP contribution in [0.25, 0.3) is 0 Å². The number of esters is 1. The fourth-order valence-corrected chi connectivity index (χ4v) is 3.85. The highest BCUT2D eigenvalue weighted by atomic mass is 16.5. The summed E-state index contributed by atoms with van der Waals surface area (Å²) in [5.41, 5.74) is 0. The van der Waals surface area contributed by atoms with Crippen molar-refractivity contribution in [3.63, 3.8) is 0 Å². The minimum Gasteiger partial charge on any atom is -0.466 e. The lowest BCUT2D eigenvalue weighted by atomic mass is 10.00. The Hall–Kier alpha value is -1.32. The molecule has 0 N–H and O–H groups in total. The molecule has 168 valence electrons. The van der Waals surface area contributed by atoms with Crippen LogP contribution in [0.15, 0.2) is 18.7 Å². The molecule has 1 aromatic heterocycles. The van der Waals surface area contributed by atoms with E-state index in [0.717, 1.165) is 25.7 Å². The van der Waals surface area contributed by atoms with E-state index in [9.17, 15) is 4.79 Å². The molecule has 0 aromatic carbocycles. The predicted octanol–water partition coefficient (Wildman–Crippen LogP) is 7.64. The molecule has 29 heavy (non-hydrogen) atoms. The molecule has 0 fully saturated rings. The zero-order valence-electron chi connectivity index (χ0n) is 19.2. The van der Waals surface area contributed by atoms with E-state index in [2.05, 4.69) is 29.6 Å². The Kier molecular flexibility index (Phi) is 16.6. The average Bonchev–Trinajstić information content (AvgIpc) is 3.25. The van der Waals surface area contributed by atoms with Crippen LogP contribution in [0.2, 0.25) is 0 Å². The molecule has 4 heteroatoms. The summed E-state index contributed by atoms with van der Waals surface area (Å²) in [6.45, 7) is 4.97. The van der Waals surface area contributed by atoms with Crippen molar-refractivity contribution < 1.29 is 9.53 Å². The predicted molar refractivity (Wildman–Crippen MR) is 122 cm³/mol. The monoisotopic (exact) mass is 406 g/mol. The number of carbonyl (C=O) groups excluding carboxylic acids is 1. The van der Waals surface area contributed by atoms with E-state index >= 15 is 0 Å². The molecule has 1 heterocycles. The van der Waals surface area contributed by atoms with Gasteiger partial charge in [-0.25, -0.2) is 4.98 Å². The van der Waals surface area contributed by atoms with Crippen LogP contribution in [-0.4, -0.2) is 22.1 Å². The maximum atomic E-state index is 11.6. The molecule has 0 aliphatic carbocycles. The topological polar surface area (TPSA) is 44.1 Å². The summed E-state index contributed by atoms with van der Waals surface area (Å²) < 4.78 is 7.52. The van der Waals surface area contributed by atoms with Crippen molar-refractivity contribution in [3.8, 4) is 0 Å². The van der Waals surface area contributed by atoms with E-state index in [1.807, 2.05) is 12.5 Å². The Morgan fingerprint density at radius 2 is 1.41 bits per heavy atom.